The highest BCUT2D eigenvalue weighted by molar-refractivity contribution is 6.90. The van der Waals surface area contributed by atoms with Crippen LogP contribution in [0, 0.1) is 0 Å². The molecule has 0 radical (unpaired) electrons. The van der Waals surface area contributed by atoms with Crippen LogP contribution in [0.15, 0.2) is 24.8 Å². The summed E-state index contributed by atoms with van der Waals surface area (Å²) in [4.78, 5) is 11.7. The van der Waals surface area contributed by atoms with Crippen LogP contribution in [0.3, 0.4) is 0 Å². The molecule has 0 bridgehead atoms. The number of hydrogen-bond donors (Lipinski definition) is 1. The summed E-state index contributed by atoms with van der Waals surface area (Å²) in [5, 5.41) is 2.89. The minimum absolute atomic E-state index is 0.111. The third kappa shape index (κ3) is 13.8. The fraction of sp³-hybridized carbons (Fsp3) is 0.706. The number of carbonyl (C=O) groups is 1. The van der Waals surface area contributed by atoms with Crippen molar-refractivity contribution in [2.24, 2.45) is 0 Å². The van der Waals surface area contributed by atoms with Gasteiger partial charge in [0, 0.05) is 18.7 Å². The van der Waals surface area contributed by atoms with Crippen molar-refractivity contribution in [3.63, 3.8) is 0 Å². The van der Waals surface area contributed by atoms with E-state index in [2.05, 4.69) is 70.8 Å². The SMILES string of the molecule is C=CC=CC(=O)NCCC[Si](O[Si](C)(C)C)(O[Si](C)(C)C)O[Si](C)(C)C. The maximum absolute atomic E-state index is 11.7. The molecule has 0 aliphatic carbocycles. The molecule has 0 aromatic rings. The highest BCUT2D eigenvalue weighted by Gasteiger charge is 2.49. The van der Waals surface area contributed by atoms with E-state index in [1.165, 1.54) is 6.08 Å². The van der Waals surface area contributed by atoms with E-state index in [0.29, 0.717) is 6.54 Å². The molecule has 0 fully saturated rings. The van der Waals surface area contributed by atoms with Gasteiger partial charge in [-0.15, -0.1) is 0 Å². The third-order valence-electron chi connectivity index (χ3n) is 2.73. The van der Waals surface area contributed by atoms with Crippen molar-refractivity contribution in [1.29, 1.82) is 0 Å². The van der Waals surface area contributed by atoms with E-state index in [4.69, 9.17) is 12.3 Å². The molecular formula is C17H39NO4Si4. The predicted octanol–water partition coefficient (Wildman–Crippen LogP) is 4.73. The van der Waals surface area contributed by atoms with Gasteiger partial charge in [-0.3, -0.25) is 4.79 Å². The maximum atomic E-state index is 11.7. The second-order valence-electron chi connectivity index (χ2n) is 9.32. The van der Waals surface area contributed by atoms with Gasteiger partial charge in [0.25, 0.3) is 0 Å². The molecule has 152 valence electrons. The molecule has 0 spiro atoms. The van der Waals surface area contributed by atoms with Crippen LogP contribution in [-0.2, 0) is 17.1 Å². The summed E-state index contributed by atoms with van der Waals surface area (Å²) >= 11 is 0. The predicted molar refractivity (Wildman–Crippen MR) is 121 cm³/mol. The summed E-state index contributed by atoms with van der Waals surface area (Å²) in [6, 6.07) is 0.733. The average Bonchev–Trinajstić information content (AvgIpc) is 2.35. The minimum Gasteiger partial charge on any atom is -0.417 e. The normalized spacial score (nSPS) is 13.9. The first-order valence-electron chi connectivity index (χ1n) is 9.25. The number of carbonyl (C=O) groups excluding carboxylic acids is 1. The number of allylic oxidation sites excluding steroid dienone is 2. The van der Waals surface area contributed by atoms with Gasteiger partial charge in [-0.25, -0.2) is 0 Å². The Labute approximate surface area is 165 Å². The van der Waals surface area contributed by atoms with E-state index in [-0.39, 0.29) is 5.91 Å². The molecule has 0 rings (SSSR count). The zero-order valence-electron chi connectivity index (χ0n) is 18.2. The molecule has 0 aromatic heterocycles. The second kappa shape index (κ2) is 10.3. The Morgan fingerprint density at radius 2 is 1.31 bits per heavy atom. The molecule has 1 N–H and O–H groups in total. The number of amides is 1. The Morgan fingerprint density at radius 3 is 1.65 bits per heavy atom. The van der Waals surface area contributed by atoms with Gasteiger partial charge >= 0.3 is 8.80 Å². The topological polar surface area (TPSA) is 56.8 Å². The van der Waals surface area contributed by atoms with E-state index in [9.17, 15) is 4.79 Å². The monoisotopic (exact) mass is 433 g/mol. The Kier molecular flexibility index (Phi) is 10.2. The van der Waals surface area contributed by atoms with Gasteiger partial charge < -0.3 is 17.7 Å². The summed E-state index contributed by atoms with van der Waals surface area (Å²) in [6.07, 6.45) is 5.47. The van der Waals surface area contributed by atoms with Gasteiger partial charge in [0.1, 0.15) is 0 Å². The number of hydrogen-bond acceptors (Lipinski definition) is 4. The Balaban J connectivity index is 5.23. The van der Waals surface area contributed by atoms with Gasteiger partial charge in [-0.2, -0.15) is 0 Å². The molecule has 5 nitrogen and oxygen atoms in total. The zero-order chi connectivity index (χ0) is 20.6. The molecule has 1 amide bonds. The first-order valence-corrected chi connectivity index (χ1v) is 21.4. The Morgan fingerprint density at radius 1 is 0.885 bits per heavy atom. The quantitative estimate of drug-likeness (QED) is 0.209. The summed E-state index contributed by atoms with van der Waals surface area (Å²) in [5.74, 6) is -0.111. The standard InChI is InChI=1S/C17H39NO4Si4/c1-11-12-14-17(19)18-15-13-16-26(20-23(2,3)4,21-24(5,6)7)22-25(8,9)10/h11-12,14H,1,13,15-16H2,2-10H3,(H,18,19). The van der Waals surface area contributed by atoms with Crippen LogP contribution in [0.2, 0.25) is 65.0 Å². The van der Waals surface area contributed by atoms with Crippen molar-refractivity contribution in [1.82, 2.24) is 5.32 Å². The average molecular weight is 434 g/mol. The van der Waals surface area contributed by atoms with Gasteiger partial charge in [0.15, 0.2) is 25.0 Å². The molecule has 0 atom stereocenters. The molecule has 0 heterocycles. The molecule has 0 aliphatic rings. The Bertz CT molecular complexity index is 450. The summed E-state index contributed by atoms with van der Waals surface area (Å²) in [6.45, 7) is 23.7. The van der Waals surface area contributed by atoms with Crippen LogP contribution in [0.1, 0.15) is 6.42 Å². The molecule has 0 saturated carbocycles. The largest absolute Gasteiger partial charge is 0.469 e. The highest BCUT2D eigenvalue weighted by atomic mass is 28.5. The van der Waals surface area contributed by atoms with E-state index in [0.717, 1.165) is 12.5 Å². The summed E-state index contributed by atoms with van der Waals surface area (Å²) in [7, 11) is -8.34. The lowest BCUT2D eigenvalue weighted by atomic mass is 10.4. The van der Waals surface area contributed by atoms with Crippen LogP contribution in [0.25, 0.3) is 0 Å². The van der Waals surface area contributed by atoms with Gasteiger partial charge in [0.05, 0.1) is 0 Å². The van der Waals surface area contributed by atoms with Gasteiger partial charge in [0.2, 0.25) is 5.91 Å². The van der Waals surface area contributed by atoms with Crippen LogP contribution >= 0.6 is 0 Å². The Hall–Kier alpha value is -0.302. The van der Waals surface area contributed by atoms with Crippen molar-refractivity contribution < 1.29 is 17.1 Å². The molecule has 0 aromatic carbocycles. The lowest BCUT2D eigenvalue weighted by Crippen LogP contribution is -2.60. The van der Waals surface area contributed by atoms with Crippen molar-refractivity contribution >= 4 is 39.7 Å². The fourth-order valence-corrected chi connectivity index (χ4v) is 17.0. The first kappa shape index (κ1) is 25.7. The van der Waals surface area contributed by atoms with Crippen LogP contribution < -0.4 is 5.32 Å². The van der Waals surface area contributed by atoms with E-state index in [1.54, 1.807) is 12.2 Å². The minimum atomic E-state index is -2.80. The van der Waals surface area contributed by atoms with E-state index < -0.39 is 33.8 Å². The second-order valence-corrected chi connectivity index (χ2v) is 26.3. The maximum Gasteiger partial charge on any atom is 0.469 e. The van der Waals surface area contributed by atoms with Gasteiger partial charge in [-0.05, 0) is 65.3 Å². The molecule has 0 saturated heterocycles. The third-order valence-corrected chi connectivity index (χ3v) is 14.8. The molecule has 0 unspecified atom stereocenters. The fourth-order valence-electron chi connectivity index (χ4n) is 2.35. The number of rotatable bonds is 12. The lowest BCUT2D eigenvalue weighted by Gasteiger charge is -2.43. The van der Waals surface area contributed by atoms with Crippen molar-refractivity contribution in [2.75, 3.05) is 6.54 Å². The van der Waals surface area contributed by atoms with E-state index in [1.807, 2.05) is 0 Å². The van der Waals surface area contributed by atoms with Crippen LogP contribution in [0.5, 0.6) is 0 Å². The lowest BCUT2D eigenvalue weighted by molar-refractivity contribution is -0.116. The first-order chi connectivity index (χ1) is 11.6. The van der Waals surface area contributed by atoms with Crippen molar-refractivity contribution in [3.05, 3.63) is 24.8 Å². The zero-order valence-corrected chi connectivity index (χ0v) is 22.2. The van der Waals surface area contributed by atoms with Gasteiger partial charge in [-0.1, -0.05) is 18.7 Å². The van der Waals surface area contributed by atoms with Crippen molar-refractivity contribution in [3.8, 4) is 0 Å². The summed E-state index contributed by atoms with van der Waals surface area (Å²) in [5.41, 5.74) is 0. The van der Waals surface area contributed by atoms with Crippen LogP contribution in [0.4, 0.5) is 0 Å². The van der Waals surface area contributed by atoms with Crippen molar-refractivity contribution in [2.45, 2.75) is 71.4 Å². The highest BCUT2D eigenvalue weighted by Crippen LogP contribution is 2.29. The molecule has 26 heavy (non-hydrogen) atoms. The van der Waals surface area contributed by atoms with Crippen LogP contribution in [-0.4, -0.2) is 46.2 Å². The van der Waals surface area contributed by atoms with E-state index >= 15 is 0 Å². The summed E-state index contributed by atoms with van der Waals surface area (Å²) < 4.78 is 19.8. The smallest absolute Gasteiger partial charge is 0.417 e. The molecule has 0 aliphatic heterocycles. The molecule has 9 heteroatoms. The number of nitrogens with one attached hydrogen (secondary N) is 1. The molecular weight excluding hydrogens is 395 g/mol.